The molecule has 106 valence electrons. The fraction of sp³-hybridized carbons (Fsp3) is 0.200. The smallest absolute Gasteiger partial charge is 0.127 e. The van der Waals surface area contributed by atoms with Gasteiger partial charge >= 0.3 is 0 Å². The Labute approximate surface area is 132 Å². The van der Waals surface area contributed by atoms with Crippen LogP contribution in [-0.4, -0.2) is 6.04 Å². The predicted molar refractivity (Wildman–Crippen MR) is 83.3 cm³/mol. The quantitative estimate of drug-likeness (QED) is 0.847. The van der Waals surface area contributed by atoms with E-state index in [0.717, 1.165) is 5.56 Å². The van der Waals surface area contributed by atoms with Crippen molar-refractivity contribution in [2.75, 3.05) is 0 Å². The van der Waals surface area contributed by atoms with E-state index in [1.807, 2.05) is 6.07 Å². The maximum absolute atomic E-state index is 13.7. The maximum Gasteiger partial charge on any atom is 0.127 e. The molecule has 1 atom stereocenters. The number of hydrogen-bond donors (Lipinski definition) is 1. The Hall–Kier alpha value is -0.800. The average Bonchev–Trinajstić information content (AvgIpc) is 2.36. The summed E-state index contributed by atoms with van der Waals surface area (Å²) >= 11 is 17.7. The lowest BCUT2D eigenvalue weighted by Crippen LogP contribution is -2.26. The van der Waals surface area contributed by atoms with Crippen LogP contribution in [0.5, 0.6) is 0 Å². The van der Waals surface area contributed by atoms with E-state index in [2.05, 4.69) is 0 Å². The monoisotopic (exact) mass is 331 g/mol. The van der Waals surface area contributed by atoms with Crippen molar-refractivity contribution in [1.82, 2.24) is 0 Å². The molecule has 0 aromatic heterocycles. The minimum atomic E-state index is -0.338. The summed E-state index contributed by atoms with van der Waals surface area (Å²) in [5.74, 6) is -0.338. The van der Waals surface area contributed by atoms with Crippen LogP contribution in [0.25, 0.3) is 0 Å². The van der Waals surface area contributed by atoms with Gasteiger partial charge in [-0.05, 0) is 48.2 Å². The molecular formula is C15H13Cl3FN. The SMILES string of the molecule is NC(Cc1ccc(Cl)cc1F)Cc1ccc(Cl)cc1Cl. The molecule has 0 radical (unpaired) electrons. The molecule has 0 aliphatic carbocycles. The fourth-order valence-corrected chi connectivity index (χ4v) is 2.66. The van der Waals surface area contributed by atoms with E-state index >= 15 is 0 Å². The Bertz CT molecular complexity index is 563. The Morgan fingerprint density at radius 2 is 1.45 bits per heavy atom. The van der Waals surface area contributed by atoms with Crippen LogP contribution in [-0.2, 0) is 12.8 Å². The molecule has 2 N–H and O–H groups in total. The standard InChI is InChI=1S/C15H13Cl3FN/c16-11-3-1-9(14(18)7-11)5-13(20)6-10-2-4-12(17)8-15(10)19/h1-4,7-8,13H,5-6,20H2. The summed E-state index contributed by atoms with van der Waals surface area (Å²) in [5.41, 5.74) is 7.51. The van der Waals surface area contributed by atoms with Gasteiger partial charge in [-0.1, -0.05) is 46.9 Å². The highest BCUT2D eigenvalue weighted by molar-refractivity contribution is 6.35. The predicted octanol–water partition coefficient (Wildman–Crippen LogP) is 4.90. The third-order valence-corrected chi connectivity index (χ3v) is 3.82. The second-order valence-electron chi connectivity index (χ2n) is 4.64. The molecule has 0 heterocycles. The second kappa shape index (κ2) is 6.77. The topological polar surface area (TPSA) is 26.0 Å². The molecule has 0 saturated heterocycles. The van der Waals surface area contributed by atoms with Crippen molar-refractivity contribution in [2.24, 2.45) is 5.73 Å². The summed E-state index contributed by atoms with van der Waals surface area (Å²) in [7, 11) is 0. The molecule has 0 aliphatic heterocycles. The van der Waals surface area contributed by atoms with Crippen molar-refractivity contribution in [3.8, 4) is 0 Å². The molecule has 0 spiro atoms. The maximum atomic E-state index is 13.7. The average molecular weight is 333 g/mol. The van der Waals surface area contributed by atoms with Gasteiger partial charge in [0.2, 0.25) is 0 Å². The van der Waals surface area contributed by atoms with E-state index in [4.69, 9.17) is 40.5 Å². The van der Waals surface area contributed by atoms with E-state index in [-0.39, 0.29) is 11.9 Å². The molecule has 0 fully saturated rings. The highest BCUT2D eigenvalue weighted by Crippen LogP contribution is 2.23. The number of halogens is 4. The third kappa shape index (κ3) is 4.10. The lowest BCUT2D eigenvalue weighted by atomic mass is 9.99. The Kier molecular flexibility index (Phi) is 5.28. The summed E-state index contributed by atoms with van der Waals surface area (Å²) < 4.78 is 13.7. The second-order valence-corrected chi connectivity index (χ2v) is 5.92. The van der Waals surface area contributed by atoms with Gasteiger partial charge in [0.25, 0.3) is 0 Å². The van der Waals surface area contributed by atoms with Gasteiger partial charge in [0, 0.05) is 21.1 Å². The van der Waals surface area contributed by atoms with Gasteiger partial charge in [0.15, 0.2) is 0 Å². The molecule has 0 amide bonds. The minimum Gasteiger partial charge on any atom is -0.327 e. The number of benzene rings is 2. The first-order valence-electron chi connectivity index (χ1n) is 6.09. The van der Waals surface area contributed by atoms with Crippen molar-refractivity contribution in [2.45, 2.75) is 18.9 Å². The van der Waals surface area contributed by atoms with Crippen LogP contribution in [0.3, 0.4) is 0 Å². The van der Waals surface area contributed by atoms with Crippen LogP contribution in [0.15, 0.2) is 36.4 Å². The highest BCUT2D eigenvalue weighted by atomic mass is 35.5. The van der Waals surface area contributed by atoms with Gasteiger partial charge in [0.1, 0.15) is 5.82 Å². The zero-order chi connectivity index (χ0) is 14.7. The van der Waals surface area contributed by atoms with Gasteiger partial charge < -0.3 is 5.73 Å². The summed E-state index contributed by atoms with van der Waals surface area (Å²) in [6, 6.07) is 9.64. The first kappa shape index (κ1) is 15.6. The number of hydrogen-bond acceptors (Lipinski definition) is 1. The van der Waals surface area contributed by atoms with Crippen molar-refractivity contribution in [3.05, 3.63) is 68.4 Å². The van der Waals surface area contributed by atoms with Crippen molar-refractivity contribution in [3.63, 3.8) is 0 Å². The molecule has 0 saturated carbocycles. The Morgan fingerprint density at radius 1 is 0.900 bits per heavy atom. The van der Waals surface area contributed by atoms with Crippen LogP contribution >= 0.6 is 34.8 Å². The number of rotatable bonds is 4. The first-order chi connectivity index (χ1) is 9.45. The molecule has 1 unspecified atom stereocenters. The van der Waals surface area contributed by atoms with Crippen LogP contribution < -0.4 is 5.73 Å². The van der Waals surface area contributed by atoms with Gasteiger partial charge in [-0.25, -0.2) is 4.39 Å². The summed E-state index contributed by atoms with van der Waals surface area (Å²) in [5, 5.41) is 1.53. The largest absolute Gasteiger partial charge is 0.327 e. The lowest BCUT2D eigenvalue weighted by Gasteiger charge is -2.13. The van der Waals surface area contributed by atoms with Crippen molar-refractivity contribution < 1.29 is 4.39 Å². The molecule has 20 heavy (non-hydrogen) atoms. The zero-order valence-corrected chi connectivity index (χ0v) is 12.8. The molecular weight excluding hydrogens is 320 g/mol. The molecule has 2 rings (SSSR count). The highest BCUT2D eigenvalue weighted by Gasteiger charge is 2.11. The van der Waals surface area contributed by atoms with Crippen LogP contribution in [0.2, 0.25) is 15.1 Å². The zero-order valence-electron chi connectivity index (χ0n) is 10.5. The fourth-order valence-electron chi connectivity index (χ4n) is 2.01. The van der Waals surface area contributed by atoms with E-state index < -0.39 is 0 Å². The van der Waals surface area contributed by atoms with Gasteiger partial charge in [-0.2, -0.15) is 0 Å². The first-order valence-corrected chi connectivity index (χ1v) is 7.22. The lowest BCUT2D eigenvalue weighted by molar-refractivity contribution is 0.584. The molecule has 0 bridgehead atoms. The number of nitrogens with two attached hydrogens (primary N) is 1. The molecule has 5 heteroatoms. The summed E-state index contributed by atoms with van der Waals surface area (Å²) in [6.45, 7) is 0. The van der Waals surface area contributed by atoms with E-state index in [1.54, 1.807) is 24.3 Å². The van der Waals surface area contributed by atoms with Crippen LogP contribution in [0.4, 0.5) is 4.39 Å². The summed E-state index contributed by atoms with van der Waals surface area (Å²) in [4.78, 5) is 0. The third-order valence-electron chi connectivity index (χ3n) is 2.99. The van der Waals surface area contributed by atoms with Gasteiger partial charge in [0.05, 0.1) is 0 Å². The van der Waals surface area contributed by atoms with Crippen LogP contribution in [0, 0.1) is 5.82 Å². The molecule has 1 nitrogen and oxygen atoms in total. The molecule has 0 aliphatic rings. The normalized spacial score (nSPS) is 12.4. The summed E-state index contributed by atoms with van der Waals surface area (Å²) in [6.07, 6.45) is 0.972. The van der Waals surface area contributed by atoms with Crippen molar-refractivity contribution in [1.29, 1.82) is 0 Å². The Morgan fingerprint density at radius 3 is 2.05 bits per heavy atom. The Balaban J connectivity index is 2.07. The van der Waals surface area contributed by atoms with E-state index in [0.29, 0.717) is 33.5 Å². The van der Waals surface area contributed by atoms with Gasteiger partial charge in [-0.3, -0.25) is 0 Å². The minimum absolute atomic E-state index is 0.232. The van der Waals surface area contributed by atoms with Gasteiger partial charge in [-0.15, -0.1) is 0 Å². The molecule has 2 aromatic carbocycles. The van der Waals surface area contributed by atoms with E-state index in [1.165, 1.54) is 6.07 Å². The molecule has 2 aromatic rings. The van der Waals surface area contributed by atoms with Crippen LogP contribution in [0.1, 0.15) is 11.1 Å². The van der Waals surface area contributed by atoms with Crippen molar-refractivity contribution >= 4 is 34.8 Å². The van der Waals surface area contributed by atoms with E-state index in [9.17, 15) is 4.39 Å².